The van der Waals surface area contributed by atoms with Crippen molar-refractivity contribution in [1.29, 1.82) is 0 Å². The van der Waals surface area contributed by atoms with Gasteiger partial charge in [0.15, 0.2) is 0 Å². The minimum atomic E-state index is -0.328. The number of nitrogen functional groups attached to an aromatic ring is 1. The van der Waals surface area contributed by atoms with Crippen molar-refractivity contribution in [3.63, 3.8) is 0 Å². The Morgan fingerprint density at radius 1 is 1.03 bits per heavy atom. The van der Waals surface area contributed by atoms with Gasteiger partial charge < -0.3 is 20.0 Å². The van der Waals surface area contributed by atoms with Crippen LogP contribution in [0.25, 0.3) is 44.3 Å². The summed E-state index contributed by atoms with van der Waals surface area (Å²) in [5.74, 6) is 0.469. The Hall–Kier alpha value is -3.94. The van der Waals surface area contributed by atoms with Gasteiger partial charge in [0.2, 0.25) is 5.95 Å². The number of aryl methyl sites for hydroxylation is 1. The zero-order valence-corrected chi connectivity index (χ0v) is 15.8. The molecule has 0 amide bonds. The summed E-state index contributed by atoms with van der Waals surface area (Å²) in [6.45, 7) is 0. The van der Waals surface area contributed by atoms with Crippen LogP contribution in [0.3, 0.4) is 0 Å². The molecule has 2 aromatic carbocycles. The van der Waals surface area contributed by atoms with Gasteiger partial charge in [0, 0.05) is 52.4 Å². The maximum atomic E-state index is 13.9. The van der Waals surface area contributed by atoms with E-state index in [4.69, 9.17) is 10.5 Å². The maximum absolute atomic E-state index is 13.9. The van der Waals surface area contributed by atoms with Gasteiger partial charge >= 0.3 is 0 Å². The normalized spacial score (nSPS) is 11.4. The SMILES string of the molecule is COc1ccc2c(c1)c(-c1nc(N)nnc1-c1c[nH]c3ccc(F)cc13)cn2C. The number of aromatic nitrogens is 5. The molecule has 0 fully saturated rings. The van der Waals surface area contributed by atoms with Gasteiger partial charge in [0.05, 0.1) is 7.11 Å². The molecule has 0 saturated carbocycles. The highest BCUT2D eigenvalue weighted by Crippen LogP contribution is 2.38. The molecule has 0 radical (unpaired) electrons. The van der Waals surface area contributed by atoms with Crippen molar-refractivity contribution in [3.05, 3.63) is 54.6 Å². The number of benzene rings is 2. The van der Waals surface area contributed by atoms with E-state index >= 15 is 0 Å². The molecule has 29 heavy (non-hydrogen) atoms. The first kappa shape index (κ1) is 17.2. The molecule has 0 aliphatic carbocycles. The highest BCUT2D eigenvalue weighted by molar-refractivity contribution is 6.03. The van der Waals surface area contributed by atoms with E-state index in [2.05, 4.69) is 20.2 Å². The van der Waals surface area contributed by atoms with Gasteiger partial charge in [-0.2, -0.15) is 0 Å². The number of anilines is 1. The van der Waals surface area contributed by atoms with Crippen molar-refractivity contribution in [2.75, 3.05) is 12.8 Å². The van der Waals surface area contributed by atoms with Gasteiger partial charge in [-0.3, -0.25) is 0 Å². The van der Waals surface area contributed by atoms with Crippen LogP contribution in [-0.4, -0.2) is 31.8 Å². The number of hydrogen-bond donors (Lipinski definition) is 2. The van der Waals surface area contributed by atoms with Crippen LogP contribution in [-0.2, 0) is 7.05 Å². The largest absolute Gasteiger partial charge is 0.497 e. The molecule has 7 nitrogen and oxygen atoms in total. The van der Waals surface area contributed by atoms with Crippen LogP contribution in [0.5, 0.6) is 5.75 Å². The van der Waals surface area contributed by atoms with Gasteiger partial charge in [-0.15, -0.1) is 10.2 Å². The van der Waals surface area contributed by atoms with E-state index in [9.17, 15) is 4.39 Å². The first-order valence-electron chi connectivity index (χ1n) is 8.96. The van der Waals surface area contributed by atoms with Crippen molar-refractivity contribution < 1.29 is 9.13 Å². The molecular formula is C21H17FN6O. The van der Waals surface area contributed by atoms with Gasteiger partial charge in [-0.25, -0.2) is 9.37 Å². The summed E-state index contributed by atoms with van der Waals surface area (Å²) in [5.41, 5.74) is 10.3. The zero-order valence-electron chi connectivity index (χ0n) is 15.8. The summed E-state index contributed by atoms with van der Waals surface area (Å²) in [4.78, 5) is 7.64. The summed E-state index contributed by atoms with van der Waals surface area (Å²) in [6.07, 6.45) is 3.74. The first-order chi connectivity index (χ1) is 14.0. The van der Waals surface area contributed by atoms with E-state index in [0.29, 0.717) is 22.3 Å². The second-order valence-electron chi connectivity index (χ2n) is 6.80. The van der Waals surface area contributed by atoms with Crippen LogP contribution in [0.4, 0.5) is 10.3 Å². The monoisotopic (exact) mass is 388 g/mol. The Bertz CT molecular complexity index is 1390. The molecular weight excluding hydrogens is 371 g/mol. The average Bonchev–Trinajstić information content (AvgIpc) is 3.28. The van der Waals surface area contributed by atoms with E-state index in [-0.39, 0.29) is 11.8 Å². The molecule has 0 spiro atoms. The Kier molecular flexibility index (Phi) is 3.73. The number of fused-ring (bicyclic) bond motifs is 2. The number of halogens is 1. The fraction of sp³-hybridized carbons (Fsp3) is 0.0952. The lowest BCUT2D eigenvalue weighted by molar-refractivity contribution is 0.415. The lowest BCUT2D eigenvalue weighted by atomic mass is 10.0. The van der Waals surface area contributed by atoms with Crippen molar-refractivity contribution in [3.8, 4) is 28.3 Å². The van der Waals surface area contributed by atoms with E-state index < -0.39 is 0 Å². The first-order valence-corrected chi connectivity index (χ1v) is 8.96. The molecule has 0 aliphatic rings. The van der Waals surface area contributed by atoms with Crippen molar-refractivity contribution >= 4 is 27.8 Å². The number of H-pyrrole nitrogens is 1. The second kappa shape index (κ2) is 6.30. The highest BCUT2D eigenvalue weighted by atomic mass is 19.1. The predicted octanol–water partition coefficient (Wildman–Crippen LogP) is 3.91. The molecule has 5 aromatic rings. The zero-order chi connectivity index (χ0) is 20.1. The molecule has 144 valence electrons. The molecule has 0 bridgehead atoms. The van der Waals surface area contributed by atoms with Crippen molar-refractivity contribution in [2.24, 2.45) is 7.05 Å². The Balaban J connectivity index is 1.82. The van der Waals surface area contributed by atoms with Crippen LogP contribution >= 0.6 is 0 Å². The molecule has 0 unspecified atom stereocenters. The summed E-state index contributed by atoms with van der Waals surface area (Å²) in [6, 6.07) is 10.4. The fourth-order valence-corrected chi connectivity index (χ4v) is 3.68. The Morgan fingerprint density at radius 3 is 2.72 bits per heavy atom. The lowest BCUT2D eigenvalue weighted by Crippen LogP contribution is -2.02. The number of nitrogens with zero attached hydrogens (tertiary/aromatic N) is 4. The predicted molar refractivity (Wildman–Crippen MR) is 110 cm³/mol. The van der Waals surface area contributed by atoms with E-state index in [1.807, 2.05) is 36.0 Å². The molecule has 0 atom stereocenters. The van der Waals surface area contributed by atoms with Crippen LogP contribution in [0.2, 0.25) is 0 Å². The number of ether oxygens (including phenoxy) is 1. The molecule has 3 heterocycles. The van der Waals surface area contributed by atoms with Gasteiger partial charge in [0.1, 0.15) is 23.0 Å². The number of rotatable bonds is 3. The van der Waals surface area contributed by atoms with Gasteiger partial charge in [0.25, 0.3) is 0 Å². The van der Waals surface area contributed by atoms with Crippen LogP contribution in [0, 0.1) is 5.82 Å². The molecule has 5 rings (SSSR count). The molecule has 8 heteroatoms. The van der Waals surface area contributed by atoms with E-state index in [0.717, 1.165) is 27.7 Å². The van der Waals surface area contributed by atoms with Gasteiger partial charge in [-0.05, 0) is 36.4 Å². The molecule has 3 aromatic heterocycles. The van der Waals surface area contributed by atoms with Gasteiger partial charge in [-0.1, -0.05) is 0 Å². The fourth-order valence-electron chi connectivity index (χ4n) is 3.68. The summed E-state index contributed by atoms with van der Waals surface area (Å²) < 4.78 is 21.3. The maximum Gasteiger partial charge on any atom is 0.240 e. The molecule has 0 saturated heterocycles. The molecule has 3 N–H and O–H groups in total. The van der Waals surface area contributed by atoms with Crippen LogP contribution < -0.4 is 10.5 Å². The summed E-state index contributed by atoms with van der Waals surface area (Å²) in [5, 5.41) is 9.91. The third-order valence-corrected chi connectivity index (χ3v) is 5.05. The Labute approximate surface area is 165 Å². The smallest absolute Gasteiger partial charge is 0.240 e. The summed E-state index contributed by atoms with van der Waals surface area (Å²) >= 11 is 0. The number of hydrogen-bond acceptors (Lipinski definition) is 5. The summed E-state index contributed by atoms with van der Waals surface area (Å²) in [7, 11) is 3.58. The molecule has 0 aliphatic heterocycles. The standard InChI is InChI=1S/C21H17FN6O/c1-28-10-16(14-8-12(29-2)4-6-18(14)28)19-20(26-27-21(23)25-19)15-9-24-17-5-3-11(22)7-13(15)17/h3-10,24H,1-2H3,(H2,23,25,27). The lowest BCUT2D eigenvalue weighted by Gasteiger charge is -2.07. The van der Waals surface area contributed by atoms with Crippen LogP contribution in [0.15, 0.2) is 48.8 Å². The van der Waals surface area contributed by atoms with Crippen molar-refractivity contribution in [1.82, 2.24) is 24.7 Å². The minimum Gasteiger partial charge on any atom is -0.497 e. The minimum absolute atomic E-state index is 0.0645. The third kappa shape index (κ3) is 2.68. The average molecular weight is 388 g/mol. The van der Waals surface area contributed by atoms with Crippen molar-refractivity contribution in [2.45, 2.75) is 0 Å². The Morgan fingerprint density at radius 2 is 1.90 bits per heavy atom. The van der Waals surface area contributed by atoms with E-state index in [1.54, 1.807) is 19.4 Å². The third-order valence-electron chi connectivity index (χ3n) is 5.05. The highest BCUT2D eigenvalue weighted by Gasteiger charge is 2.20. The quantitative estimate of drug-likeness (QED) is 0.489. The van der Waals surface area contributed by atoms with Crippen LogP contribution in [0.1, 0.15) is 0 Å². The number of nitrogens with two attached hydrogens (primary N) is 1. The van der Waals surface area contributed by atoms with E-state index in [1.165, 1.54) is 12.1 Å². The number of methoxy groups -OCH3 is 1. The second-order valence-corrected chi connectivity index (χ2v) is 6.80. The number of aromatic amines is 1. The topological polar surface area (TPSA) is 94.6 Å². The number of nitrogens with one attached hydrogen (secondary N) is 1.